The Labute approximate surface area is 208 Å². The number of benzene rings is 2. The minimum atomic E-state index is 0.542. The molecule has 1 aliphatic heterocycles. The fourth-order valence-corrected chi connectivity index (χ4v) is 5.82. The van der Waals surface area contributed by atoms with E-state index < -0.39 is 0 Å². The lowest BCUT2D eigenvalue weighted by atomic mass is 9.93. The highest BCUT2D eigenvalue weighted by atomic mass is 15.2. The second kappa shape index (κ2) is 11.9. The zero-order valence-corrected chi connectivity index (χ0v) is 21.8. The average molecular weight is 460 g/mol. The molecule has 0 radical (unpaired) electrons. The minimum absolute atomic E-state index is 0.542. The molecule has 2 aromatic rings. The number of nitrogens with one attached hydrogen (secondary N) is 1. The van der Waals surface area contributed by atoms with Crippen LogP contribution in [0.25, 0.3) is 0 Å². The van der Waals surface area contributed by atoms with Crippen LogP contribution in [-0.2, 0) is 25.9 Å². The summed E-state index contributed by atoms with van der Waals surface area (Å²) in [6.07, 6.45) is 9.08. The van der Waals surface area contributed by atoms with Gasteiger partial charge in [-0.05, 0) is 85.4 Å². The van der Waals surface area contributed by atoms with Crippen molar-refractivity contribution < 1.29 is 0 Å². The highest BCUT2D eigenvalue weighted by molar-refractivity contribution is 5.45. The van der Waals surface area contributed by atoms with Gasteiger partial charge < -0.3 is 10.2 Å². The van der Waals surface area contributed by atoms with E-state index in [1.54, 1.807) is 11.1 Å². The van der Waals surface area contributed by atoms with Crippen LogP contribution in [0.15, 0.2) is 54.7 Å². The predicted octanol–water partition coefficient (Wildman–Crippen LogP) is 6.88. The number of rotatable bonds is 9. The summed E-state index contributed by atoms with van der Waals surface area (Å²) in [4.78, 5) is 5.23. The number of hydrogen-bond acceptors (Lipinski definition) is 3. The van der Waals surface area contributed by atoms with E-state index in [-0.39, 0.29) is 0 Å². The van der Waals surface area contributed by atoms with Crippen molar-refractivity contribution in [1.82, 2.24) is 9.80 Å². The van der Waals surface area contributed by atoms with Gasteiger partial charge in [-0.3, -0.25) is 4.90 Å². The van der Waals surface area contributed by atoms with Gasteiger partial charge in [-0.25, -0.2) is 0 Å². The molecule has 1 N–H and O–H groups in total. The van der Waals surface area contributed by atoms with Gasteiger partial charge >= 0.3 is 0 Å². The number of hydrogen-bond donors (Lipinski definition) is 1. The number of aryl methyl sites for hydroxylation is 2. The SMILES string of the molecule is C=C(C1CCCN(Cc2cccc(NC)c2)C1)N(Cc1ccc2c(c1)CCCCC2)CC(C)C. The first kappa shape index (κ1) is 24.9. The van der Waals surface area contributed by atoms with Gasteiger partial charge in [-0.1, -0.05) is 57.2 Å². The first-order valence-corrected chi connectivity index (χ1v) is 13.6. The Morgan fingerprint density at radius 1 is 1.03 bits per heavy atom. The summed E-state index contributed by atoms with van der Waals surface area (Å²) in [5.74, 6) is 1.17. The Kier molecular flexibility index (Phi) is 8.72. The van der Waals surface area contributed by atoms with Crippen molar-refractivity contribution in [1.29, 1.82) is 0 Å². The van der Waals surface area contributed by atoms with Crippen molar-refractivity contribution in [3.63, 3.8) is 0 Å². The normalized spacial score (nSPS) is 18.9. The zero-order valence-electron chi connectivity index (χ0n) is 21.8. The maximum absolute atomic E-state index is 4.69. The van der Waals surface area contributed by atoms with Gasteiger partial charge in [-0.15, -0.1) is 0 Å². The van der Waals surface area contributed by atoms with Crippen LogP contribution in [-0.4, -0.2) is 36.5 Å². The number of anilines is 1. The Morgan fingerprint density at radius 3 is 2.65 bits per heavy atom. The lowest BCUT2D eigenvalue weighted by Crippen LogP contribution is -2.39. The van der Waals surface area contributed by atoms with Crippen molar-refractivity contribution in [3.8, 4) is 0 Å². The van der Waals surface area contributed by atoms with Gasteiger partial charge in [0.05, 0.1) is 0 Å². The molecule has 0 bridgehead atoms. The van der Waals surface area contributed by atoms with E-state index in [0.717, 1.165) is 26.2 Å². The van der Waals surface area contributed by atoms with E-state index >= 15 is 0 Å². The molecule has 34 heavy (non-hydrogen) atoms. The molecule has 0 saturated carbocycles. The zero-order chi connectivity index (χ0) is 23.9. The van der Waals surface area contributed by atoms with E-state index in [0.29, 0.717) is 11.8 Å². The van der Waals surface area contributed by atoms with E-state index in [1.807, 2.05) is 7.05 Å². The van der Waals surface area contributed by atoms with Gasteiger partial charge in [0.15, 0.2) is 0 Å². The summed E-state index contributed by atoms with van der Waals surface area (Å²) >= 11 is 0. The van der Waals surface area contributed by atoms with Crippen LogP contribution >= 0.6 is 0 Å². The fourth-order valence-electron chi connectivity index (χ4n) is 5.82. The Morgan fingerprint density at radius 2 is 1.85 bits per heavy atom. The van der Waals surface area contributed by atoms with Gasteiger partial charge in [0, 0.05) is 50.5 Å². The van der Waals surface area contributed by atoms with Crippen molar-refractivity contribution in [3.05, 3.63) is 77.0 Å². The van der Waals surface area contributed by atoms with Crippen LogP contribution in [0.4, 0.5) is 5.69 Å². The summed E-state index contributed by atoms with van der Waals surface area (Å²) < 4.78 is 0. The maximum atomic E-state index is 4.69. The van der Waals surface area contributed by atoms with Crippen molar-refractivity contribution in [2.75, 3.05) is 32.0 Å². The predicted molar refractivity (Wildman–Crippen MR) is 146 cm³/mol. The molecule has 1 aliphatic carbocycles. The first-order valence-electron chi connectivity index (χ1n) is 13.6. The van der Waals surface area contributed by atoms with Gasteiger partial charge in [0.2, 0.25) is 0 Å². The monoisotopic (exact) mass is 459 g/mol. The van der Waals surface area contributed by atoms with E-state index in [4.69, 9.17) is 0 Å². The fraction of sp³-hybridized carbons (Fsp3) is 0.548. The summed E-state index contributed by atoms with van der Waals surface area (Å²) in [5, 5.41) is 3.27. The van der Waals surface area contributed by atoms with Crippen LogP contribution < -0.4 is 5.32 Å². The first-order chi connectivity index (χ1) is 16.5. The molecule has 1 unspecified atom stereocenters. The van der Waals surface area contributed by atoms with Gasteiger partial charge in [0.25, 0.3) is 0 Å². The van der Waals surface area contributed by atoms with Crippen molar-refractivity contribution in [2.24, 2.45) is 11.8 Å². The number of piperidine rings is 1. The topological polar surface area (TPSA) is 18.5 Å². The molecule has 2 aliphatic rings. The van der Waals surface area contributed by atoms with Crippen LogP contribution in [0.5, 0.6) is 0 Å². The third-order valence-corrected chi connectivity index (χ3v) is 7.63. The Hall–Kier alpha value is -2.26. The molecule has 1 atom stereocenters. The summed E-state index contributed by atoms with van der Waals surface area (Å²) in [5.41, 5.74) is 8.57. The largest absolute Gasteiger partial charge is 0.388 e. The lowest BCUT2D eigenvalue weighted by Gasteiger charge is -2.39. The molecule has 4 rings (SSSR count). The quantitative estimate of drug-likeness (QED) is 0.412. The third-order valence-electron chi connectivity index (χ3n) is 7.63. The standard InChI is InChI=1S/C31H45N3/c1-24(2)20-34(22-27-15-16-28-11-6-5-7-12-29(28)18-27)25(3)30-13-9-17-33(23-30)21-26-10-8-14-31(19-26)32-4/h8,10,14-16,18-19,24,30,32H,3,5-7,9,11-13,17,20-23H2,1-2,4H3. The molecule has 3 heteroatoms. The average Bonchev–Trinajstić information content (AvgIpc) is 3.08. The molecule has 3 nitrogen and oxygen atoms in total. The van der Waals surface area contributed by atoms with Crippen LogP contribution in [0.1, 0.15) is 68.2 Å². The second-order valence-electron chi connectivity index (χ2n) is 11.0. The molecule has 0 amide bonds. The second-order valence-corrected chi connectivity index (χ2v) is 11.0. The summed E-state index contributed by atoms with van der Waals surface area (Å²) in [6, 6.07) is 16.1. The maximum Gasteiger partial charge on any atom is 0.0426 e. The molecular formula is C31H45N3. The van der Waals surface area contributed by atoms with Crippen LogP contribution in [0.3, 0.4) is 0 Å². The molecule has 0 spiro atoms. The molecule has 1 fully saturated rings. The molecule has 2 aromatic carbocycles. The molecule has 0 aromatic heterocycles. The highest BCUT2D eigenvalue weighted by Crippen LogP contribution is 2.29. The van der Waals surface area contributed by atoms with E-state index in [2.05, 4.69) is 78.0 Å². The third kappa shape index (κ3) is 6.66. The van der Waals surface area contributed by atoms with E-state index in [9.17, 15) is 0 Å². The number of fused-ring (bicyclic) bond motifs is 1. The molecule has 1 heterocycles. The van der Waals surface area contributed by atoms with Crippen LogP contribution in [0.2, 0.25) is 0 Å². The Balaban J connectivity index is 1.43. The molecular weight excluding hydrogens is 414 g/mol. The highest BCUT2D eigenvalue weighted by Gasteiger charge is 2.26. The molecule has 1 saturated heterocycles. The number of likely N-dealkylation sites (tertiary alicyclic amines) is 1. The molecule has 184 valence electrons. The smallest absolute Gasteiger partial charge is 0.0426 e. The number of nitrogens with zero attached hydrogens (tertiary/aromatic N) is 2. The van der Waals surface area contributed by atoms with Gasteiger partial charge in [0.1, 0.15) is 0 Å². The van der Waals surface area contributed by atoms with Crippen LogP contribution in [0, 0.1) is 11.8 Å². The summed E-state index contributed by atoms with van der Waals surface area (Å²) in [6.45, 7) is 14.7. The van der Waals surface area contributed by atoms with Gasteiger partial charge in [-0.2, -0.15) is 0 Å². The summed E-state index contributed by atoms with van der Waals surface area (Å²) in [7, 11) is 1.99. The lowest BCUT2D eigenvalue weighted by molar-refractivity contribution is 0.155. The Bertz CT molecular complexity index is 947. The van der Waals surface area contributed by atoms with Crippen molar-refractivity contribution >= 4 is 5.69 Å². The minimum Gasteiger partial charge on any atom is -0.388 e. The van der Waals surface area contributed by atoms with E-state index in [1.165, 1.54) is 74.0 Å². The van der Waals surface area contributed by atoms with Crippen molar-refractivity contribution in [2.45, 2.75) is 71.9 Å².